The number of nitrogens with zero attached hydrogens (tertiary/aromatic N) is 1. The lowest BCUT2D eigenvalue weighted by Gasteiger charge is -2.27. The Kier molecular flexibility index (Phi) is 5.38. The van der Waals surface area contributed by atoms with Crippen LogP contribution >= 0.6 is 0 Å². The summed E-state index contributed by atoms with van der Waals surface area (Å²) < 4.78 is 18.1. The van der Waals surface area contributed by atoms with Crippen LogP contribution in [0.5, 0.6) is 0 Å². The summed E-state index contributed by atoms with van der Waals surface area (Å²) in [4.78, 5) is 2.24. The average molecular weight is 240 g/mol. The standard InChI is InChI=1S/C13H21FN2O/c1-4-16(10(2)9-17-3)8-11-5-6-12(14)7-13(11)15/h5-7,10H,4,8-9,15H2,1-3H3. The molecule has 96 valence electrons. The Hall–Kier alpha value is -1.13. The molecule has 0 aliphatic carbocycles. The van der Waals surface area contributed by atoms with E-state index in [1.165, 1.54) is 12.1 Å². The van der Waals surface area contributed by atoms with Crippen molar-refractivity contribution in [1.29, 1.82) is 0 Å². The van der Waals surface area contributed by atoms with E-state index in [0.29, 0.717) is 24.9 Å². The minimum absolute atomic E-state index is 0.292. The van der Waals surface area contributed by atoms with Gasteiger partial charge < -0.3 is 10.5 Å². The fraction of sp³-hybridized carbons (Fsp3) is 0.538. The summed E-state index contributed by atoms with van der Waals surface area (Å²) in [5.74, 6) is -0.292. The van der Waals surface area contributed by atoms with Gasteiger partial charge in [0, 0.05) is 25.4 Å². The number of nitrogens with two attached hydrogens (primary N) is 1. The highest BCUT2D eigenvalue weighted by Gasteiger charge is 2.13. The SMILES string of the molecule is CCN(Cc1ccc(F)cc1N)C(C)COC. The molecule has 1 rings (SSSR count). The van der Waals surface area contributed by atoms with Crippen molar-refractivity contribution >= 4 is 5.69 Å². The van der Waals surface area contributed by atoms with Gasteiger partial charge in [0.2, 0.25) is 0 Å². The Morgan fingerprint density at radius 1 is 1.47 bits per heavy atom. The predicted molar refractivity (Wildman–Crippen MR) is 68.2 cm³/mol. The van der Waals surface area contributed by atoms with E-state index in [9.17, 15) is 4.39 Å². The van der Waals surface area contributed by atoms with Gasteiger partial charge in [-0.25, -0.2) is 4.39 Å². The van der Waals surface area contributed by atoms with E-state index in [4.69, 9.17) is 10.5 Å². The average Bonchev–Trinajstić information content (AvgIpc) is 2.28. The molecule has 0 saturated carbocycles. The molecule has 0 saturated heterocycles. The van der Waals surface area contributed by atoms with Gasteiger partial charge in [-0.05, 0) is 31.2 Å². The maximum absolute atomic E-state index is 12.9. The lowest BCUT2D eigenvalue weighted by molar-refractivity contribution is 0.0983. The number of anilines is 1. The van der Waals surface area contributed by atoms with E-state index in [-0.39, 0.29) is 5.82 Å². The molecular weight excluding hydrogens is 219 g/mol. The van der Waals surface area contributed by atoms with Crippen LogP contribution in [0.3, 0.4) is 0 Å². The second-order valence-electron chi connectivity index (χ2n) is 4.21. The smallest absolute Gasteiger partial charge is 0.125 e. The summed E-state index contributed by atoms with van der Waals surface area (Å²) >= 11 is 0. The van der Waals surface area contributed by atoms with Crippen LogP contribution in [0.4, 0.5) is 10.1 Å². The van der Waals surface area contributed by atoms with Crippen molar-refractivity contribution in [3.05, 3.63) is 29.6 Å². The summed E-state index contributed by atoms with van der Waals surface area (Å²) in [6, 6.07) is 4.87. The Morgan fingerprint density at radius 3 is 2.71 bits per heavy atom. The van der Waals surface area contributed by atoms with Crippen LogP contribution in [0, 0.1) is 5.82 Å². The van der Waals surface area contributed by atoms with Crippen molar-refractivity contribution in [3.63, 3.8) is 0 Å². The van der Waals surface area contributed by atoms with Crippen molar-refractivity contribution in [3.8, 4) is 0 Å². The van der Waals surface area contributed by atoms with Gasteiger partial charge in [0.05, 0.1) is 6.61 Å². The molecule has 0 radical (unpaired) electrons. The van der Waals surface area contributed by atoms with Crippen molar-refractivity contribution in [1.82, 2.24) is 4.90 Å². The summed E-state index contributed by atoms with van der Waals surface area (Å²) in [6.45, 7) is 6.49. The van der Waals surface area contributed by atoms with E-state index >= 15 is 0 Å². The number of likely N-dealkylation sites (N-methyl/N-ethyl adjacent to an activating group) is 1. The van der Waals surface area contributed by atoms with Gasteiger partial charge in [0.1, 0.15) is 5.82 Å². The fourth-order valence-electron chi connectivity index (χ4n) is 1.85. The van der Waals surface area contributed by atoms with Gasteiger partial charge in [0.15, 0.2) is 0 Å². The Balaban J connectivity index is 2.73. The molecule has 3 nitrogen and oxygen atoms in total. The number of ether oxygens (including phenoxy) is 1. The van der Waals surface area contributed by atoms with Crippen LogP contribution in [-0.4, -0.2) is 31.2 Å². The first-order chi connectivity index (χ1) is 8.08. The first-order valence-electron chi connectivity index (χ1n) is 5.85. The third-order valence-electron chi connectivity index (χ3n) is 2.92. The van der Waals surface area contributed by atoms with Crippen LogP contribution in [0.15, 0.2) is 18.2 Å². The molecule has 4 heteroatoms. The zero-order valence-electron chi connectivity index (χ0n) is 10.7. The number of benzene rings is 1. The van der Waals surface area contributed by atoms with E-state index in [2.05, 4.69) is 18.7 Å². The summed E-state index contributed by atoms with van der Waals surface area (Å²) in [5, 5.41) is 0. The lowest BCUT2D eigenvalue weighted by atomic mass is 10.1. The molecule has 0 amide bonds. The third-order valence-corrected chi connectivity index (χ3v) is 2.92. The number of methoxy groups -OCH3 is 1. The molecule has 0 heterocycles. The van der Waals surface area contributed by atoms with Crippen molar-refractivity contribution in [2.24, 2.45) is 0 Å². The number of nitrogen functional groups attached to an aromatic ring is 1. The Morgan fingerprint density at radius 2 is 2.18 bits per heavy atom. The lowest BCUT2D eigenvalue weighted by Crippen LogP contribution is -2.35. The first-order valence-corrected chi connectivity index (χ1v) is 5.85. The molecule has 1 atom stereocenters. The van der Waals surface area contributed by atoms with Crippen molar-refractivity contribution < 1.29 is 9.13 Å². The highest BCUT2D eigenvalue weighted by molar-refractivity contribution is 5.46. The van der Waals surface area contributed by atoms with E-state index in [1.54, 1.807) is 13.2 Å². The molecule has 0 bridgehead atoms. The van der Waals surface area contributed by atoms with Gasteiger partial charge in [-0.15, -0.1) is 0 Å². The Bertz CT molecular complexity index is 357. The molecule has 0 aliphatic rings. The second-order valence-corrected chi connectivity index (χ2v) is 4.21. The van der Waals surface area contributed by atoms with Crippen LogP contribution in [0.25, 0.3) is 0 Å². The predicted octanol–water partition coefficient (Wildman–Crippen LogP) is 2.26. The maximum Gasteiger partial charge on any atom is 0.125 e. The highest BCUT2D eigenvalue weighted by atomic mass is 19.1. The van der Waals surface area contributed by atoms with Crippen LogP contribution < -0.4 is 5.73 Å². The monoisotopic (exact) mass is 240 g/mol. The van der Waals surface area contributed by atoms with Gasteiger partial charge in [-0.3, -0.25) is 4.90 Å². The zero-order chi connectivity index (χ0) is 12.8. The molecule has 1 unspecified atom stereocenters. The Labute approximate surface area is 102 Å². The van der Waals surface area contributed by atoms with Gasteiger partial charge in [-0.1, -0.05) is 13.0 Å². The van der Waals surface area contributed by atoms with E-state index in [1.807, 2.05) is 0 Å². The topological polar surface area (TPSA) is 38.5 Å². The normalized spacial score (nSPS) is 13.0. The summed E-state index contributed by atoms with van der Waals surface area (Å²) in [7, 11) is 1.69. The third kappa shape index (κ3) is 3.98. The molecule has 0 aromatic heterocycles. The molecule has 0 fully saturated rings. The fourth-order valence-corrected chi connectivity index (χ4v) is 1.85. The minimum Gasteiger partial charge on any atom is -0.398 e. The number of hydrogen-bond donors (Lipinski definition) is 1. The van der Waals surface area contributed by atoms with Crippen LogP contribution in [0.2, 0.25) is 0 Å². The van der Waals surface area contributed by atoms with Crippen LogP contribution in [-0.2, 0) is 11.3 Å². The molecule has 0 spiro atoms. The largest absolute Gasteiger partial charge is 0.398 e. The van der Waals surface area contributed by atoms with E-state index in [0.717, 1.165) is 12.1 Å². The molecule has 1 aromatic carbocycles. The minimum atomic E-state index is -0.292. The van der Waals surface area contributed by atoms with Gasteiger partial charge in [0.25, 0.3) is 0 Å². The highest BCUT2D eigenvalue weighted by Crippen LogP contribution is 2.17. The van der Waals surface area contributed by atoms with E-state index < -0.39 is 0 Å². The first kappa shape index (κ1) is 13.9. The summed E-state index contributed by atoms with van der Waals surface area (Å²) in [6.07, 6.45) is 0. The number of rotatable bonds is 6. The molecule has 1 aromatic rings. The molecule has 17 heavy (non-hydrogen) atoms. The number of hydrogen-bond acceptors (Lipinski definition) is 3. The zero-order valence-corrected chi connectivity index (χ0v) is 10.7. The number of halogens is 1. The van der Waals surface area contributed by atoms with Crippen LogP contribution in [0.1, 0.15) is 19.4 Å². The molecular formula is C13H21FN2O. The van der Waals surface area contributed by atoms with Gasteiger partial charge in [-0.2, -0.15) is 0 Å². The maximum atomic E-state index is 12.9. The van der Waals surface area contributed by atoms with Gasteiger partial charge >= 0.3 is 0 Å². The summed E-state index contributed by atoms with van der Waals surface area (Å²) in [5.41, 5.74) is 7.26. The second kappa shape index (κ2) is 6.57. The molecule has 0 aliphatic heterocycles. The quantitative estimate of drug-likeness (QED) is 0.775. The van der Waals surface area contributed by atoms with Crippen molar-refractivity contribution in [2.75, 3.05) is 26.0 Å². The van der Waals surface area contributed by atoms with Crippen molar-refractivity contribution in [2.45, 2.75) is 26.4 Å². The molecule has 2 N–H and O–H groups in total.